The molecule has 15 aromatic rings. The van der Waals surface area contributed by atoms with Gasteiger partial charge in [0.15, 0.2) is 0 Å². The zero-order valence-corrected chi connectivity index (χ0v) is 51.7. The van der Waals surface area contributed by atoms with Crippen molar-refractivity contribution in [1.82, 2.24) is 8.80 Å². The molecule has 4 aromatic heterocycles. The first-order valence-corrected chi connectivity index (χ1v) is 30.8. The summed E-state index contributed by atoms with van der Waals surface area (Å²) < 4.78 is 5.21. The molecule has 0 fully saturated rings. The average molecular weight is 1120 g/mol. The molecule has 0 N–H and O–H groups in total. The summed E-state index contributed by atoms with van der Waals surface area (Å²) >= 11 is 0. The minimum atomic E-state index is -0.0784. The number of fused-ring (bicyclic) bond motifs is 12. The zero-order chi connectivity index (χ0) is 59.3. The Kier molecular flexibility index (Phi) is 11.8. The molecule has 4 heteroatoms. The van der Waals surface area contributed by atoms with E-state index >= 15 is 0 Å². The SMILES string of the molecule is CC(C)(C)c1ccc(-c2ccccc2)c(N(c2ccccc2)c2ccc3c4cc5c(cc4n4c6ccc(C(C)(C)C)cc6c2c34)c2ccc(N(c3ccccc3)c3cc(C(C)(C)C)ccc3-c3ccccc3)c3c4cc(C(C)(C)C)ccc4n5c23)c1. The first-order valence-electron chi connectivity index (χ1n) is 30.8. The van der Waals surface area contributed by atoms with E-state index in [4.69, 9.17) is 0 Å². The maximum Gasteiger partial charge on any atom is 0.0641 e. The third-order valence-electron chi connectivity index (χ3n) is 18.6. The predicted molar refractivity (Wildman–Crippen MR) is 371 cm³/mol. The van der Waals surface area contributed by atoms with Crippen molar-refractivity contribution in [2.45, 2.75) is 105 Å². The average Bonchev–Trinajstić information content (AvgIpc) is 1.52. The number of aromatic nitrogens is 2. The van der Waals surface area contributed by atoms with Gasteiger partial charge in [0, 0.05) is 65.6 Å². The van der Waals surface area contributed by atoms with Gasteiger partial charge in [-0.15, -0.1) is 0 Å². The van der Waals surface area contributed by atoms with Crippen molar-refractivity contribution in [3.63, 3.8) is 0 Å². The lowest BCUT2D eigenvalue weighted by Gasteiger charge is -2.31. The number of benzene rings is 11. The van der Waals surface area contributed by atoms with E-state index in [2.05, 4.69) is 332 Å². The first-order chi connectivity index (χ1) is 41.2. The summed E-state index contributed by atoms with van der Waals surface area (Å²) in [5.41, 5.74) is 23.9. The van der Waals surface area contributed by atoms with Crippen LogP contribution < -0.4 is 9.80 Å². The van der Waals surface area contributed by atoms with E-state index < -0.39 is 0 Å². The number of hydrogen-bond acceptors (Lipinski definition) is 2. The predicted octanol–water partition coefficient (Wildman–Crippen LogP) is 23.5. The Labute approximate surface area is 505 Å². The highest BCUT2D eigenvalue weighted by Crippen LogP contribution is 2.54. The fourth-order valence-corrected chi connectivity index (χ4v) is 13.9. The summed E-state index contributed by atoms with van der Waals surface area (Å²) in [5, 5.41) is 10.0. The smallest absolute Gasteiger partial charge is 0.0641 e. The summed E-state index contributed by atoms with van der Waals surface area (Å²) in [4.78, 5) is 5.10. The molecule has 0 unspecified atom stereocenters. The third-order valence-corrected chi connectivity index (χ3v) is 18.6. The molecule has 86 heavy (non-hydrogen) atoms. The van der Waals surface area contributed by atoms with Gasteiger partial charge in [0.2, 0.25) is 0 Å². The number of anilines is 6. The van der Waals surface area contributed by atoms with Crippen molar-refractivity contribution in [2.24, 2.45) is 0 Å². The van der Waals surface area contributed by atoms with Crippen LogP contribution in [-0.4, -0.2) is 8.80 Å². The van der Waals surface area contributed by atoms with Crippen LogP contribution in [-0.2, 0) is 21.7 Å². The number of nitrogens with zero attached hydrogens (tertiary/aromatic N) is 4. The second-order valence-electron chi connectivity index (χ2n) is 28.3. The van der Waals surface area contributed by atoms with Gasteiger partial charge in [-0.25, -0.2) is 0 Å². The van der Waals surface area contributed by atoms with Crippen LogP contribution >= 0.6 is 0 Å². The third kappa shape index (κ3) is 8.31. The lowest BCUT2D eigenvalue weighted by molar-refractivity contribution is 0.590. The monoisotopic (exact) mass is 1110 g/mol. The van der Waals surface area contributed by atoms with Gasteiger partial charge in [0.25, 0.3) is 0 Å². The quantitative estimate of drug-likeness (QED) is 0.151. The Bertz CT molecular complexity index is 4790. The van der Waals surface area contributed by atoms with Gasteiger partial charge in [-0.05, 0) is 140 Å². The maximum atomic E-state index is 2.61. The molecule has 11 aromatic carbocycles. The van der Waals surface area contributed by atoms with Crippen LogP contribution in [0.2, 0.25) is 0 Å². The molecule has 0 amide bonds. The van der Waals surface area contributed by atoms with Gasteiger partial charge >= 0.3 is 0 Å². The molecule has 0 atom stereocenters. The van der Waals surface area contributed by atoms with Crippen LogP contribution in [0, 0.1) is 0 Å². The van der Waals surface area contributed by atoms with E-state index in [9.17, 15) is 0 Å². The van der Waals surface area contributed by atoms with Gasteiger partial charge in [0.05, 0.1) is 55.8 Å². The van der Waals surface area contributed by atoms with Crippen molar-refractivity contribution in [3.05, 3.63) is 253 Å². The summed E-state index contributed by atoms with van der Waals surface area (Å²) in [6.07, 6.45) is 0. The molecule has 4 heterocycles. The normalized spacial score (nSPS) is 12.9. The molecule has 0 radical (unpaired) electrons. The minimum absolute atomic E-state index is 0.0696. The Morgan fingerprint density at radius 2 is 0.581 bits per heavy atom. The highest BCUT2D eigenvalue weighted by atomic mass is 15.2. The summed E-state index contributed by atoms with van der Waals surface area (Å²) in [6, 6.07) is 87.5. The summed E-state index contributed by atoms with van der Waals surface area (Å²) in [7, 11) is 0. The molecular formula is C82H74N4. The highest BCUT2D eigenvalue weighted by Gasteiger charge is 2.32. The molecule has 0 spiro atoms. The Morgan fingerprint density at radius 1 is 0.256 bits per heavy atom. The Balaban J connectivity index is 1.06. The second-order valence-corrected chi connectivity index (χ2v) is 28.3. The fraction of sp³-hybridized carbons (Fsp3) is 0.195. The van der Waals surface area contributed by atoms with Crippen LogP contribution in [0.4, 0.5) is 34.1 Å². The fourth-order valence-electron chi connectivity index (χ4n) is 13.9. The van der Waals surface area contributed by atoms with Crippen LogP contribution in [0.1, 0.15) is 105 Å². The van der Waals surface area contributed by atoms with Gasteiger partial charge in [-0.1, -0.05) is 229 Å². The van der Waals surface area contributed by atoms with Crippen molar-refractivity contribution in [1.29, 1.82) is 0 Å². The van der Waals surface area contributed by atoms with Crippen LogP contribution in [0.5, 0.6) is 0 Å². The topological polar surface area (TPSA) is 15.3 Å². The van der Waals surface area contributed by atoms with E-state index in [0.717, 1.165) is 34.1 Å². The molecule has 0 saturated carbocycles. The molecule has 15 rings (SSSR count). The van der Waals surface area contributed by atoms with Crippen LogP contribution in [0.3, 0.4) is 0 Å². The molecule has 0 aliphatic heterocycles. The Morgan fingerprint density at radius 3 is 0.930 bits per heavy atom. The lowest BCUT2D eigenvalue weighted by Crippen LogP contribution is -2.15. The van der Waals surface area contributed by atoms with E-state index in [1.165, 1.54) is 121 Å². The zero-order valence-electron chi connectivity index (χ0n) is 51.7. The standard InChI is InChI=1S/C82H74N4/c1-79(2,3)53-35-41-67-65(45-53)75-69(83(57-29-21-15-22-30-57)71-47-55(81(7,8)9)33-37-59(71)51-25-17-13-18-26-51)43-39-61-63-50-74-64(49-73(63)85(67)77(61)75)62-40-44-70(76-66-46-54(80(4,5)6)36-42-68(66)86(74)78(62)76)84(58-31-23-16-24-32-58)72-48-56(82(10,11)12)34-38-60(72)52-27-19-14-20-28-52/h13-50H,1-12H3. The van der Waals surface area contributed by atoms with Gasteiger partial charge in [-0.3, -0.25) is 0 Å². The van der Waals surface area contributed by atoms with Crippen molar-refractivity contribution < 1.29 is 0 Å². The van der Waals surface area contributed by atoms with E-state index in [-0.39, 0.29) is 21.7 Å². The van der Waals surface area contributed by atoms with Crippen LogP contribution in [0.15, 0.2) is 231 Å². The molecule has 0 saturated heterocycles. The molecular weight excluding hydrogens is 1040 g/mol. The van der Waals surface area contributed by atoms with Gasteiger partial charge in [-0.2, -0.15) is 0 Å². The Hall–Kier alpha value is -9.38. The first kappa shape index (κ1) is 53.4. The van der Waals surface area contributed by atoms with E-state index in [1.807, 2.05) is 0 Å². The summed E-state index contributed by atoms with van der Waals surface area (Å²) in [5.74, 6) is 0. The van der Waals surface area contributed by atoms with Gasteiger partial charge < -0.3 is 18.6 Å². The molecule has 0 aliphatic carbocycles. The van der Waals surface area contributed by atoms with Crippen molar-refractivity contribution in [3.8, 4) is 22.3 Å². The second kappa shape index (κ2) is 19.1. The van der Waals surface area contributed by atoms with Crippen molar-refractivity contribution in [2.75, 3.05) is 9.80 Å². The maximum absolute atomic E-state index is 2.61. The van der Waals surface area contributed by atoms with E-state index in [1.54, 1.807) is 0 Å². The summed E-state index contributed by atoms with van der Waals surface area (Å²) in [6.45, 7) is 28.0. The number of rotatable bonds is 8. The number of hydrogen-bond donors (Lipinski definition) is 0. The molecule has 0 bridgehead atoms. The van der Waals surface area contributed by atoms with E-state index in [0.29, 0.717) is 0 Å². The highest BCUT2D eigenvalue weighted by molar-refractivity contribution is 6.32. The minimum Gasteiger partial charge on any atom is -0.309 e. The lowest BCUT2D eigenvalue weighted by atomic mass is 9.85. The van der Waals surface area contributed by atoms with Crippen LogP contribution in [0.25, 0.3) is 98.4 Å². The molecule has 0 aliphatic rings. The van der Waals surface area contributed by atoms with Gasteiger partial charge in [0.1, 0.15) is 0 Å². The number of para-hydroxylation sites is 2. The molecule has 4 nitrogen and oxygen atoms in total. The molecule has 422 valence electrons. The van der Waals surface area contributed by atoms with Crippen molar-refractivity contribution >= 4 is 110 Å². The largest absolute Gasteiger partial charge is 0.309 e.